The van der Waals surface area contributed by atoms with Gasteiger partial charge in [-0.15, -0.1) is 0 Å². The zero-order valence-electron chi connectivity index (χ0n) is 9.91. The summed E-state index contributed by atoms with van der Waals surface area (Å²) in [7, 11) is 0. The molecule has 0 saturated heterocycles. The number of nitrogens with zero attached hydrogens (tertiary/aromatic N) is 1. The topological polar surface area (TPSA) is 63.4 Å². The van der Waals surface area contributed by atoms with Crippen molar-refractivity contribution in [2.45, 2.75) is 13.0 Å². The van der Waals surface area contributed by atoms with E-state index in [0.29, 0.717) is 5.56 Å². The van der Waals surface area contributed by atoms with Gasteiger partial charge in [-0.25, -0.2) is 0 Å². The molecular formula is C14H13NO3. The Labute approximate surface area is 105 Å². The largest absolute Gasteiger partial charge is 0.384 e. The van der Waals surface area contributed by atoms with Gasteiger partial charge in [0.15, 0.2) is 0 Å². The lowest BCUT2D eigenvalue weighted by Crippen LogP contribution is -1.99. The van der Waals surface area contributed by atoms with Gasteiger partial charge in [0.05, 0.1) is 4.92 Å². The molecule has 4 nitrogen and oxygen atoms in total. The maximum Gasteiger partial charge on any atom is 0.269 e. The van der Waals surface area contributed by atoms with Crippen LogP contribution in [0.15, 0.2) is 48.5 Å². The number of aliphatic hydroxyl groups excluding tert-OH is 1. The van der Waals surface area contributed by atoms with Crippen LogP contribution in [0.3, 0.4) is 0 Å². The van der Waals surface area contributed by atoms with Crippen LogP contribution >= 0.6 is 0 Å². The monoisotopic (exact) mass is 243 g/mol. The van der Waals surface area contributed by atoms with E-state index in [1.54, 1.807) is 12.1 Å². The molecule has 4 heteroatoms. The quantitative estimate of drug-likeness (QED) is 0.665. The molecule has 0 aliphatic heterocycles. The summed E-state index contributed by atoms with van der Waals surface area (Å²) in [6, 6.07) is 13.5. The zero-order valence-corrected chi connectivity index (χ0v) is 9.91. The second-order valence-corrected chi connectivity index (χ2v) is 4.16. The number of benzene rings is 2. The van der Waals surface area contributed by atoms with Crippen molar-refractivity contribution < 1.29 is 10.0 Å². The number of rotatable bonds is 3. The number of aryl methyl sites for hydroxylation is 1. The van der Waals surface area contributed by atoms with E-state index in [2.05, 4.69) is 0 Å². The van der Waals surface area contributed by atoms with Crippen LogP contribution in [0.25, 0.3) is 0 Å². The number of nitro benzene ring substituents is 1. The van der Waals surface area contributed by atoms with E-state index in [4.69, 9.17) is 0 Å². The van der Waals surface area contributed by atoms with Crippen LogP contribution in [0.4, 0.5) is 5.69 Å². The van der Waals surface area contributed by atoms with Crippen LogP contribution in [0, 0.1) is 17.0 Å². The first-order valence-electron chi connectivity index (χ1n) is 5.57. The zero-order chi connectivity index (χ0) is 13.1. The third kappa shape index (κ3) is 2.55. The molecule has 0 bridgehead atoms. The summed E-state index contributed by atoms with van der Waals surface area (Å²) in [5, 5.41) is 20.7. The second kappa shape index (κ2) is 4.98. The van der Waals surface area contributed by atoms with Gasteiger partial charge in [-0.1, -0.05) is 29.8 Å². The van der Waals surface area contributed by atoms with Gasteiger partial charge in [0.1, 0.15) is 6.10 Å². The van der Waals surface area contributed by atoms with Crippen molar-refractivity contribution in [1.82, 2.24) is 0 Å². The molecule has 0 aliphatic rings. The molecule has 0 fully saturated rings. The highest BCUT2D eigenvalue weighted by molar-refractivity contribution is 5.37. The van der Waals surface area contributed by atoms with Crippen molar-refractivity contribution in [3.05, 3.63) is 75.3 Å². The normalized spacial score (nSPS) is 12.1. The van der Waals surface area contributed by atoms with Crippen LogP contribution in [0.5, 0.6) is 0 Å². The van der Waals surface area contributed by atoms with Crippen molar-refractivity contribution >= 4 is 5.69 Å². The molecule has 2 aromatic carbocycles. The predicted octanol–water partition coefficient (Wildman–Crippen LogP) is 2.98. The van der Waals surface area contributed by atoms with E-state index in [9.17, 15) is 15.2 Å². The van der Waals surface area contributed by atoms with E-state index < -0.39 is 11.0 Å². The molecule has 0 amide bonds. The molecule has 0 unspecified atom stereocenters. The van der Waals surface area contributed by atoms with Gasteiger partial charge in [0.25, 0.3) is 5.69 Å². The SMILES string of the molecule is Cc1ccc([C@@H](O)c2ccc([N+](=O)[O-])cc2)cc1. The fourth-order valence-corrected chi connectivity index (χ4v) is 1.72. The number of nitro groups is 1. The Bertz CT molecular complexity index is 546. The maximum atomic E-state index is 10.5. The number of hydrogen-bond acceptors (Lipinski definition) is 3. The molecule has 0 saturated carbocycles. The van der Waals surface area contributed by atoms with E-state index in [1.165, 1.54) is 12.1 Å². The van der Waals surface area contributed by atoms with E-state index in [-0.39, 0.29) is 5.69 Å². The molecule has 0 heterocycles. The van der Waals surface area contributed by atoms with Crippen molar-refractivity contribution in [2.75, 3.05) is 0 Å². The molecule has 2 aromatic rings. The Kier molecular flexibility index (Phi) is 3.39. The molecule has 0 spiro atoms. The van der Waals surface area contributed by atoms with Crippen molar-refractivity contribution in [2.24, 2.45) is 0 Å². The maximum absolute atomic E-state index is 10.5. The molecular weight excluding hydrogens is 230 g/mol. The summed E-state index contributed by atoms with van der Waals surface area (Å²) >= 11 is 0. The van der Waals surface area contributed by atoms with Gasteiger partial charge in [-0.2, -0.15) is 0 Å². The van der Waals surface area contributed by atoms with Crippen molar-refractivity contribution in [1.29, 1.82) is 0 Å². The number of non-ortho nitro benzene ring substituents is 1. The third-order valence-corrected chi connectivity index (χ3v) is 2.81. The summed E-state index contributed by atoms with van der Waals surface area (Å²) in [6.45, 7) is 1.97. The van der Waals surface area contributed by atoms with Gasteiger partial charge in [0, 0.05) is 12.1 Å². The summed E-state index contributed by atoms with van der Waals surface area (Å²) in [5.41, 5.74) is 2.56. The van der Waals surface area contributed by atoms with E-state index in [0.717, 1.165) is 11.1 Å². The fourth-order valence-electron chi connectivity index (χ4n) is 1.72. The van der Waals surface area contributed by atoms with Gasteiger partial charge >= 0.3 is 0 Å². The number of hydrogen-bond donors (Lipinski definition) is 1. The highest BCUT2D eigenvalue weighted by Gasteiger charge is 2.12. The van der Waals surface area contributed by atoms with E-state index in [1.807, 2.05) is 31.2 Å². The lowest BCUT2D eigenvalue weighted by Gasteiger charge is -2.11. The first-order chi connectivity index (χ1) is 8.58. The minimum atomic E-state index is -0.758. The third-order valence-electron chi connectivity index (χ3n) is 2.81. The van der Waals surface area contributed by atoms with Crippen LogP contribution in [0.1, 0.15) is 22.8 Å². The van der Waals surface area contributed by atoms with Gasteiger partial charge in [0.2, 0.25) is 0 Å². The lowest BCUT2D eigenvalue weighted by atomic mass is 10.0. The Balaban J connectivity index is 2.25. The van der Waals surface area contributed by atoms with Crippen LogP contribution in [0.2, 0.25) is 0 Å². The highest BCUT2D eigenvalue weighted by atomic mass is 16.6. The first kappa shape index (κ1) is 12.3. The molecule has 18 heavy (non-hydrogen) atoms. The van der Waals surface area contributed by atoms with Gasteiger partial charge < -0.3 is 5.11 Å². The summed E-state index contributed by atoms with van der Waals surface area (Å²) < 4.78 is 0. The van der Waals surface area contributed by atoms with Gasteiger partial charge in [-0.05, 0) is 30.2 Å². The molecule has 2 rings (SSSR count). The molecule has 1 atom stereocenters. The van der Waals surface area contributed by atoms with Crippen molar-refractivity contribution in [3.63, 3.8) is 0 Å². The molecule has 0 aliphatic carbocycles. The predicted molar refractivity (Wildman–Crippen MR) is 68.3 cm³/mol. The minimum absolute atomic E-state index is 0.0230. The first-order valence-corrected chi connectivity index (χ1v) is 5.57. The Morgan fingerprint density at radius 2 is 1.44 bits per heavy atom. The minimum Gasteiger partial charge on any atom is -0.384 e. The molecule has 0 radical (unpaired) electrons. The highest BCUT2D eigenvalue weighted by Crippen LogP contribution is 2.24. The second-order valence-electron chi connectivity index (χ2n) is 4.16. The average molecular weight is 243 g/mol. The molecule has 0 aromatic heterocycles. The van der Waals surface area contributed by atoms with Gasteiger partial charge in [-0.3, -0.25) is 10.1 Å². The van der Waals surface area contributed by atoms with E-state index >= 15 is 0 Å². The summed E-state index contributed by atoms with van der Waals surface area (Å²) in [5.74, 6) is 0. The standard InChI is InChI=1S/C14H13NO3/c1-10-2-4-11(5-3-10)14(16)12-6-8-13(9-7-12)15(17)18/h2-9,14,16H,1H3/t14-/m1/s1. The Morgan fingerprint density at radius 1 is 1.00 bits per heavy atom. The fraction of sp³-hybridized carbons (Fsp3) is 0.143. The Morgan fingerprint density at radius 3 is 1.89 bits per heavy atom. The smallest absolute Gasteiger partial charge is 0.269 e. The lowest BCUT2D eigenvalue weighted by molar-refractivity contribution is -0.384. The van der Waals surface area contributed by atoms with Crippen molar-refractivity contribution in [3.8, 4) is 0 Å². The number of aliphatic hydroxyl groups is 1. The van der Waals surface area contributed by atoms with Crippen LogP contribution in [-0.2, 0) is 0 Å². The molecule has 1 N–H and O–H groups in total. The Hall–Kier alpha value is -2.20. The molecule has 92 valence electrons. The summed E-state index contributed by atoms with van der Waals surface area (Å²) in [4.78, 5) is 10.1. The average Bonchev–Trinajstić information content (AvgIpc) is 2.39. The van der Waals surface area contributed by atoms with Crippen LogP contribution in [-0.4, -0.2) is 10.0 Å². The van der Waals surface area contributed by atoms with Crippen LogP contribution < -0.4 is 0 Å². The summed E-state index contributed by atoms with van der Waals surface area (Å²) in [6.07, 6.45) is -0.758.